The van der Waals surface area contributed by atoms with E-state index in [2.05, 4.69) is 62.3 Å². The number of fused-ring (bicyclic) bond motifs is 1. The third-order valence-electron chi connectivity index (χ3n) is 5.65. The second-order valence-corrected chi connectivity index (χ2v) is 18.9. The predicted octanol–water partition coefficient (Wildman–Crippen LogP) is 8.02. The molecule has 2 aromatic rings. The van der Waals surface area contributed by atoms with Crippen LogP contribution in [0.1, 0.15) is 62.3 Å². The zero-order valence-electron chi connectivity index (χ0n) is 19.8. The molecule has 1 unspecified atom stereocenters. The molecule has 0 radical (unpaired) electrons. The number of ether oxygens (including phenoxy) is 2. The predicted molar refractivity (Wildman–Crippen MR) is 131 cm³/mol. The van der Waals surface area contributed by atoms with Gasteiger partial charge in [-0.2, -0.15) is 0 Å². The molecular weight excluding hydrogens is 410 g/mol. The van der Waals surface area contributed by atoms with Crippen LogP contribution in [0, 0.1) is 0 Å². The van der Waals surface area contributed by atoms with Crippen molar-refractivity contribution < 1.29 is 14.0 Å². The Hall–Kier alpha value is -1.30. The molecule has 5 heteroatoms. The van der Waals surface area contributed by atoms with Gasteiger partial charge in [0.2, 0.25) is 0 Å². The Morgan fingerprint density at radius 1 is 0.833 bits per heavy atom. The van der Waals surface area contributed by atoms with Gasteiger partial charge in [-0.25, -0.2) is 0 Å². The summed E-state index contributed by atoms with van der Waals surface area (Å²) in [4.78, 5) is 0. The van der Waals surface area contributed by atoms with Crippen LogP contribution in [-0.2, 0) is 4.57 Å². The third kappa shape index (κ3) is 3.96. The Morgan fingerprint density at radius 3 is 1.90 bits per heavy atom. The molecule has 2 aromatic carbocycles. The van der Waals surface area contributed by atoms with Crippen molar-refractivity contribution in [3.63, 3.8) is 0 Å². The Bertz CT molecular complexity index is 929. The number of para-hydroxylation sites is 1. The summed E-state index contributed by atoms with van der Waals surface area (Å²) in [7, 11) is -3.73. The Kier molecular flexibility index (Phi) is 5.98. The second-order valence-electron chi connectivity index (χ2n) is 11.0. The van der Waals surface area contributed by atoms with Gasteiger partial charge in [0.1, 0.15) is 24.4 Å². The van der Waals surface area contributed by atoms with Gasteiger partial charge in [-0.1, -0.05) is 86.6 Å². The fraction of sp³-hybridized carbons (Fsp3) is 0.520. The summed E-state index contributed by atoms with van der Waals surface area (Å²) in [6, 6.07) is 15.8. The molecule has 0 saturated heterocycles. The van der Waals surface area contributed by atoms with Crippen LogP contribution in [0.15, 0.2) is 48.5 Å². The minimum Gasteiger partial charge on any atom is -0.477 e. The summed E-state index contributed by atoms with van der Waals surface area (Å²) in [6.07, 6.45) is 0. The fourth-order valence-electron chi connectivity index (χ4n) is 4.38. The van der Waals surface area contributed by atoms with Crippen LogP contribution in [0.4, 0.5) is 0 Å². The van der Waals surface area contributed by atoms with Crippen LogP contribution < -0.4 is 14.8 Å². The molecule has 1 aliphatic heterocycles. The van der Waals surface area contributed by atoms with E-state index in [4.69, 9.17) is 9.47 Å². The standard InChI is InChI=1S/C25H36O3P2/c1-23(2,3)29-21-19(27-18-14-11-10-12-15-18)16-13-17-20(21)28-22(29)30(26,24(4,5)6)25(7,8)9/h10-17,22H,1-9H3/t22-,29?/m0/s1. The molecule has 0 bridgehead atoms. The lowest BCUT2D eigenvalue weighted by Gasteiger charge is -2.47. The van der Waals surface area contributed by atoms with E-state index in [0.29, 0.717) is 0 Å². The summed E-state index contributed by atoms with van der Waals surface area (Å²) < 4.78 is 27.9. The van der Waals surface area contributed by atoms with E-state index >= 15 is 0 Å². The maximum Gasteiger partial charge on any atom is 0.174 e. The first-order valence-electron chi connectivity index (χ1n) is 10.6. The highest BCUT2D eigenvalue weighted by molar-refractivity contribution is 7.84. The van der Waals surface area contributed by atoms with Gasteiger partial charge in [-0.05, 0) is 37.3 Å². The van der Waals surface area contributed by atoms with E-state index in [9.17, 15) is 4.57 Å². The number of hydrogen-bond acceptors (Lipinski definition) is 3. The highest BCUT2D eigenvalue weighted by Crippen LogP contribution is 2.80. The van der Waals surface area contributed by atoms with Gasteiger partial charge in [0.25, 0.3) is 0 Å². The zero-order chi connectivity index (χ0) is 22.5. The maximum absolute atomic E-state index is 14.9. The molecule has 0 fully saturated rings. The molecule has 3 nitrogen and oxygen atoms in total. The molecule has 0 spiro atoms. The molecule has 2 atom stereocenters. The Morgan fingerprint density at radius 2 is 1.40 bits per heavy atom. The SMILES string of the molecule is CC(C)(C)P1c2c(Oc3ccccc3)cccc2O[C@@H]1P(=O)(C(C)(C)C)C(C)(C)C. The van der Waals surface area contributed by atoms with Crippen LogP contribution in [0.5, 0.6) is 17.2 Å². The smallest absolute Gasteiger partial charge is 0.174 e. The molecule has 0 saturated carbocycles. The van der Waals surface area contributed by atoms with Crippen molar-refractivity contribution in [1.29, 1.82) is 0 Å². The first-order valence-corrected chi connectivity index (χ1v) is 13.8. The molecule has 0 aliphatic carbocycles. The summed E-state index contributed by atoms with van der Waals surface area (Å²) in [5, 5.41) is 0.268. The quantitative estimate of drug-likeness (QED) is 0.448. The number of benzene rings is 2. The van der Waals surface area contributed by atoms with Crippen LogP contribution in [0.2, 0.25) is 0 Å². The molecule has 0 N–H and O–H groups in total. The average Bonchev–Trinajstić information content (AvgIpc) is 3.01. The lowest BCUT2D eigenvalue weighted by atomic mass is 10.2. The van der Waals surface area contributed by atoms with Crippen LogP contribution >= 0.6 is 15.1 Å². The van der Waals surface area contributed by atoms with Crippen LogP contribution in [-0.4, -0.2) is 21.1 Å². The van der Waals surface area contributed by atoms with E-state index < -0.39 is 15.1 Å². The van der Waals surface area contributed by atoms with Crippen molar-refractivity contribution in [1.82, 2.24) is 0 Å². The molecule has 30 heavy (non-hydrogen) atoms. The molecule has 0 aromatic heterocycles. The van der Waals surface area contributed by atoms with Gasteiger partial charge in [-0.15, -0.1) is 0 Å². The van der Waals surface area contributed by atoms with E-state index in [1.807, 2.05) is 48.5 Å². The van der Waals surface area contributed by atoms with Crippen molar-refractivity contribution in [2.24, 2.45) is 0 Å². The normalized spacial score (nSPS) is 19.9. The van der Waals surface area contributed by atoms with Gasteiger partial charge in [0, 0.05) is 10.3 Å². The fourth-order valence-corrected chi connectivity index (χ4v) is 15.2. The molecule has 1 heterocycles. The highest BCUT2D eigenvalue weighted by atomic mass is 31.2. The van der Waals surface area contributed by atoms with Crippen molar-refractivity contribution in [3.05, 3.63) is 48.5 Å². The largest absolute Gasteiger partial charge is 0.477 e. The molecule has 1 aliphatic rings. The summed E-state index contributed by atoms with van der Waals surface area (Å²) in [5.41, 5.74) is -0.331. The zero-order valence-corrected chi connectivity index (χ0v) is 21.6. The molecule has 0 amide bonds. The van der Waals surface area contributed by atoms with E-state index in [-0.39, 0.29) is 21.1 Å². The summed E-state index contributed by atoms with van der Waals surface area (Å²) in [6.45, 7) is 19.3. The van der Waals surface area contributed by atoms with Gasteiger partial charge in [0.05, 0.1) is 5.30 Å². The molecular formula is C25H36O3P2. The number of rotatable bonds is 3. The molecule has 164 valence electrons. The minimum absolute atomic E-state index is 0.0897. The van der Waals surface area contributed by atoms with Crippen LogP contribution in [0.3, 0.4) is 0 Å². The van der Waals surface area contributed by atoms with Crippen molar-refractivity contribution in [3.8, 4) is 17.2 Å². The van der Waals surface area contributed by atoms with Crippen molar-refractivity contribution >= 4 is 20.4 Å². The number of hydrogen-bond donors (Lipinski definition) is 0. The lowest BCUT2D eigenvalue weighted by molar-refractivity contribution is 0.340. The maximum atomic E-state index is 14.9. The summed E-state index contributed by atoms with van der Waals surface area (Å²) >= 11 is 0. The third-order valence-corrected chi connectivity index (χ3v) is 15.0. The second kappa shape index (κ2) is 7.68. The topological polar surface area (TPSA) is 35.5 Å². The first-order chi connectivity index (χ1) is 13.7. The highest BCUT2D eigenvalue weighted by Gasteiger charge is 2.60. The lowest BCUT2D eigenvalue weighted by Crippen LogP contribution is -2.38. The Balaban J connectivity index is 2.19. The summed E-state index contributed by atoms with van der Waals surface area (Å²) in [5.74, 6) is 2.44. The minimum atomic E-state index is -2.82. The first kappa shape index (κ1) is 23.4. The average molecular weight is 447 g/mol. The van der Waals surface area contributed by atoms with E-state index in [1.54, 1.807) is 0 Å². The van der Waals surface area contributed by atoms with Gasteiger partial charge >= 0.3 is 0 Å². The van der Waals surface area contributed by atoms with E-state index in [0.717, 1.165) is 22.6 Å². The van der Waals surface area contributed by atoms with Gasteiger partial charge in [0.15, 0.2) is 5.59 Å². The van der Waals surface area contributed by atoms with Gasteiger partial charge in [-0.3, -0.25) is 0 Å². The van der Waals surface area contributed by atoms with Crippen LogP contribution in [0.25, 0.3) is 0 Å². The van der Waals surface area contributed by atoms with E-state index in [1.165, 1.54) is 0 Å². The van der Waals surface area contributed by atoms with Gasteiger partial charge < -0.3 is 14.0 Å². The van der Waals surface area contributed by atoms with Crippen molar-refractivity contribution in [2.45, 2.75) is 83.4 Å². The monoisotopic (exact) mass is 446 g/mol. The molecule has 3 rings (SSSR count). The Labute approximate surface area is 183 Å². The van der Waals surface area contributed by atoms with Crippen molar-refractivity contribution in [2.75, 3.05) is 0 Å².